The molecule has 16 heavy (non-hydrogen) atoms. The first kappa shape index (κ1) is 13.3. The molecule has 4 nitrogen and oxygen atoms in total. The Kier molecular flexibility index (Phi) is 4.61. The molecule has 1 rings (SSSR count). The molecule has 0 aliphatic rings. The van der Waals surface area contributed by atoms with Gasteiger partial charge in [-0.1, -0.05) is 37.9 Å². The topological polar surface area (TPSA) is 60.2 Å². The zero-order valence-corrected chi connectivity index (χ0v) is 11.6. The summed E-state index contributed by atoms with van der Waals surface area (Å²) in [6.45, 7) is 1.39. The molecule has 0 N–H and O–H groups in total. The molecule has 1 atom stereocenters. The van der Waals surface area contributed by atoms with Crippen LogP contribution in [0.5, 0.6) is 0 Å². The number of nitro benzene ring substituents is 1. The van der Waals surface area contributed by atoms with Gasteiger partial charge in [-0.2, -0.15) is 0 Å². The number of nitrogens with zero attached hydrogens (tertiary/aromatic N) is 1. The van der Waals surface area contributed by atoms with E-state index < -0.39 is 9.75 Å². The average Bonchev–Trinajstić information content (AvgIpc) is 2.26. The summed E-state index contributed by atoms with van der Waals surface area (Å²) in [5.41, 5.74) is 1.25. The zero-order chi connectivity index (χ0) is 12.3. The molecule has 1 unspecified atom stereocenters. The van der Waals surface area contributed by atoms with Crippen molar-refractivity contribution in [3.05, 3.63) is 39.4 Å². The van der Waals surface area contributed by atoms with Crippen LogP contribution >= 0.6 is 31.9 Å². The van der Waals surface area contributed by atoms with Gasteiger partial charge in [0.2, 0.25) is 0 Å². The maximum Gasteiger partial charge on any atom is 0.274 e. The fraction of sp³-hybridized carbons (Fsp3) is 0.300. The Morgan fingerprint density at radius 1 is 1.56 bits per heavy atom. The van der Waals surface area contributed by atoms with E-state index in [4.69, 9.17) is 0 Å². The lowest BCUT2D eigenvalue weighted by Crippen LogP contribution is -2.05. The molecular formula is C10H9Br2NO3. The molecule has 0 aliphatic carbocycles. The molecule has 0 radical (unpaired) electrons. The summed E-state index contributed by atoms with van der Waals surface area (Å²) in [6.07, 6.45) is 0. The van der Waals surface area contributed by atoms with Crippen molar-refractivity contribution in [1.29, 1.82) is 0 Å². The van der Waals surface area contributed by atoms with Crippen LogP contribution in [0.2, 0.25) is 0 Å². The van der Waals surface area contributed by atoms with Crippen molar-refractivity contribution < 1.29 is 9.72 Å². The normalized spacial score (nSPS) is 12.2. The fourth-order valence-corrected chi connectivity index (χ4v) is 1.99. The maximum atomic E-state index is 11.2. The van der Waals surface area contributed by atoms with Crippen LogP contribution in [-0.4, -0.2) is 10.7 Å². The van der Waals surface area contributed by atoms with Crippen molar-refractivity contribution >= 4 is 43.3 Å². The first-order valence-electron chi connectivity index (χ1n) is 4.45. The van der Waals surface area contributed by atoms with Gasteiger partial charge in [0.25, 0.3) is 5.69 Å². The molecular weight excluding hydrogens is 342 g/mol. The number of benzene rings is 1. The number of rotatable bonds is 4. The lowest BCUT2D eigenvalue weighted by atomic mass is 10.0. The summed E-state index contributed by atoms with van der Waals surface area (Å²) in [5.74, 6) is -0.158. The highest BCUT2D eigenvalue weighted by Crippen LogP contribution is 2.32. The van der Waals surface area contributed by atoms with E-state index in [0.29, 0.717) is 10.9 Å². The van der Waals surface area contributed by atoms with Gasteiger partial charge in [-0.25, -0.2) is 0 Å². The summed E-state index contributed by atoms with van der Waals surface area (Å²) in [4.78, 5) is 20.9. The third-order valence-electron chi connectivity index (χ3n) is 2.07. The van der Waals surface area contributed by atoms with Crippen molar-refractivity contribution in [1.82, 2.24) is 0 Å². The highest BCUT2D eigenvalue weighted by atomic mass is 79.9. The number of hydrogen-bond donors (Lipinski definition) is 0. The summed E-state index contributed by atoms with van der Waals surface area (Å²) >= 11 is 6.43. The van der Waals surface area contributed by atoms with E-state index in [1.165, 1.54) is 13.0 Å². The molecule has 0 spiro atoms. The van der Waals surface area contributed by atoms with Gasteiger partial charge < -0.3 is 0 Å². The van der Waals surface area contributed by atoms with E-state index in [1.54, 1.807) is 12.1 Å². The van der Waals surface area contributed by atoms with E-state index in [1.807, 2.05) is 0 Å². The van der Waals surface area contributed by atoms with Crippen LogP contribution in [0.25, 0.3) is 0 Å². The molecule has 0 saturated carbocycles. The van der Waals surface area contributed by atoms with E-state index >= 15 is 0 Å². The van der Waals surface area contributed by atoms with Crippen molar-refractivity contribution in [3.63, 3.8) is 0 Å². The van der Waals surface area contributed by atoms with Gasteiger partial charge in [-0.15, -0.1) is 0 Å². The molecule has 0 amide bonds. The van der Waals surface area contributed by atoms with Gasteiger partial charge in [0.15, 0.2) is 0 Å². The predicted molar refractivity (Wildman–Crippen MR) is 68.1 cm³/mol. The van der Waals surface area contributed by atoms with Crippen LogP contribution in [0.3, 0.4) is 0 Å². The predicted octanol–water partition coefficient (Wildman–Crippen LogP) is 3.51. The average molecular weight is 351 g/mol. The second-order valence-electron chi connectivity index (χ2n) is 3.26. The Hall–Kier alpha value is -0.750. The van der Waals surface area contributed by atoms with E-state index in [-0.39, 0.29) is 11.5 Å². The van der Waals surface area contributed by atoms with Crippen LogP contribution in [-0.2, 0) is 10.1 Å². The third kappa shape index (κ3) is 2.89. The van der Waals surface area contributed by atoms with Gasteiger partial charge in [0.1, 0.15) is 10.6 Å². The Balaban J connectivity index is 3.30. The van der Waals surface area contributed by atoms with Crippen LogP contribution < -0.4 is 0 Å². The van der Waals surface area contributed by atoms with Crippen LogP contribution in [0, 0.1) is 10.1 Å². The lowest BCUT2D eigenvalue weighted by Gasteiger charge is -2.08. The molecule has 0 heterocycles. The van der Waals surface area contributed by atoms with Gasteiger partial charge >= 0.3 is 0 Å². The maximum absolute atomic E-state index is 11.2. The minimum atomic E-state index is -0.633. The largest absolute Gasteiger partial charge is 0.298 e. The quantitative estimate of drug-likeness (QED) is 0.474. The van der Waals surface area contributed by atoms with E-state index in [9.17, 15) is 14.9 Å². The number of nitro groups is 1. The van der Waals surface area contributed by atoms with E-state index in [2.05, 4.69) is 31.9 Å². The molecule has 0 aromatic heterocycles. The summed E-state index contributed by atoms with van der Waals surface area (Å²) in [5, 5.41) is 11.4. The van der Waals surface area contributed by atoms with Crippen LogP contribution in [0.1, 0.15) is 22.9 Å². The van der Waals surface area contributed by atoms with Gasteiger partial charge in [0.05, 0.1) is 10.5 Å². The number of alkyl halides is 2. The minimum absolute atomic E-state index is 0.0400. The number of hydrogen-bond acceptors (Lipinski definition) is 3. The lowest BCUT2D eigenvalue weighted by molar-refractivity contribution is -0.385. The monoisotopic (exact) mass is 349 g/mol. The number of carbonyl (C=O) groups excluding carboxylic acids is 1. The number of halogens is 2. The molecule has 86 valence electrons. The SMILES string of the molecule is CC(=O)C(Br)c1cc(CBr)ccc1[N+](=O)[O-]. The second kappa shape index (κ2) is 5.54. The van der Waals surface area contributed by atoms with Crippen molar-refractivity contribution in [2.24, 2.45) is 0 Å². The van der Waals surface area contributed by atoms with Crippen molar-refractivity contribution in [2.75, 3.05) is 0 Å². The zero-order valence-electron chi connectivity index (χ0n) is 8.44. The number of ketones is 1. The number of carbonyl (C=O) groups is 1. The molecule has 0 fully saturated rings. The Morgan fingerprint density at radius 2 is 2.19 bits per heavy atom. The molecule has 1 aromatic carbocycles. The minimum Gasteiger partial charge on any atom is -0.298 e. The molecule has 1 aromatic rings. The smallest absolute Gasteiger partial charge is 0.274 e. The Labute approximate surface area is 109 Å². The molecule has 6 heteroatoms. The van der Waals surface area contributed by atoms with Gasteiger partial charge in [-0.05, 0) is 18.6 Å². The number of Topliss-reactive ketones (excluding diaryl/α,β-unsaturated/α-hetero) is 1. The first-order valence-corrected chi connectivity index (χ1v) is 6.48. The summed E-state index contributed by atoms with van der Waals surface area (Å²) < 4.78 is 0. The molecule has 0 aliphatic heterocycles. The van der Waals surface area contributed by atoms with E-state index in [0.717, 1.165) is 5.56 Å². The fourth-order valence-electron chi connectivity index (χ4n) is 1.28. The van der Waals surface area contributed by atoms with Gasteiger partial charge in [-0.3, -0.25) is 14.9 Å². The van der Waals surface area contributed by atoms with Gasteiger partial charge in [0, 0.05) is 11.4 Å². The van der Waals surface area contributed by atoms with Crippen molar-refractivity contribution in [2.45, 2.75) is 17.1 Å². The molecule has 0 bridgehead atoms. The third-order valence-corrected chi connectivity index (χ3v) is 3.86. The summed E-state index contributed by atoms with van der Waals surface area (Å²) in [7, 11) is 0. The highest BCUT2D eigenvalue weighted by molar-refractivity contribution is 9.09. The molecule has 0 saturated heterocycles. The first-order chi connectivity index (χ1) is 7.47. The standard InChI is InChI=1S/C10H9Br2NO3/c1-6(14)10(12)8-4-7(5-11)2-3-9(8)13(15)16/h2-4,10H,5H2,1H3. The van der Waals surface area contributed by atoms with Crippen LogP contribution in [0.4, 0.5) is 5.69 Å². The Morgan fingerprint density at radius 3 is 2.62 bits per heavy atom. The van der Waals surface area contributed by atoms with Crippen molar-refractivity contribution in [3.8, 4) is 0 Å². The van der Waals surface area contributed by atoms with Crippen LogP contribution in [0.15, 0.2) is 18.2 Å². The Bertz CT molecular complexity index is 434. The second-order valence-corrected chi connectivity index (χ2v) is 4.73. The highest BCUT2D eigenvalue weighted by Gasteiger charge is 2.23. The summed E-state index contributed by atoms with van der Waals surface area (Å²) in [6, 6.07) is 4.74.